The molecule has 0 atom stereocenters. The molecule has 136 valence electrons. The second-order valence-corrected chi connectivity index (χ2v) is 7.55. The monoisotopic (exact) mass is 342 g/mol. The lowest BCUT2D eigenvalue weighted by Crippen LogP contribution is -2.27. The molecule has 1 saturated carbocycles. The van der Waals surface area contributed by atoms with E-state index in [-0.39, 0.29) is 17.7 Å². The number of amides is 2. The Morgan fingerprint density at radius 2 is 2.04 bits per heavy atom. The number of hydrogen-bond acceptors (Lipinski definition) is 2. The lowest BCUT2D eigenvalue weighted by atomic mass is 9.79. The molecule has 1 aliphatic carbocycles. The van der Waals surface area contributed by atoms with Crippen LogP contribution in [0.2, 0.25) is 0 Å². The maximum atomic E-state index is 12.6. The Morgan fingerprint density at radius 1 is 1.24 bits per heavy atom. The van der Waals surface area contributed by atoms with Crippen LogP contribution in [0.15, 0.2) is 24.3 Å². The molecule has 1 N–H and O–H groups in total. The van der Waals surface area contributed by atoms with Crippen molar-refractivity contribution in [3.63, 3.8) is 0 Å². The summed E-state index contributed by atoms with van der Waals surface area (Å²) in [7, 11) is 0. The zero-order valence-electron chi connectivity index (χ0n) is 15.3. The van der Waals surface area contributed by atoms with Crippen LogP contribution in [0.25, 0.3) is 0 Å². The summed E-state index contributed by atoms with van der Waals surface area (Å²) in [6, 6.07) is 7.69. The molecule has 25 heavy (non-hydrogen) atoms. The first-order valence-corrected chi connectivity index (χ1v) is 9.88. The van der Waals surface area contributed by atoms with Gasteiger partial charge in [-0.3, -0.25) is 9.59 Å². The van der Waals surface area contributed by atoms with Crippen LogP contribution in [0, 0.1) is 11.8 Å². The van der Waals surface area contributed by atoms with Gasteiger partial charge in [0, 0.05) is 30.3 Å². The van der Waals surface area contributed by atoms with Gasteiger partial charge in [-0.2, -0.15) is 0 Å². The second kappa shape index (κ2) is 8.50. The van der Waals surface area contributed by atoms with Crippen molar-refractivity contribution < 1.29 is 9.59 Å². The van der Waals surface area contributed by atoms with E-state index < -0.39 is 0 Å². The van der Waals surface area contributed by atoms with E-state index in [0.717, 1.165) is 43.1 Å². The van der Waals surface area contributed by atoms with E-state index in [1.165, 1.54) is 32.1 Å². The Morgan fingerprint density at radius 3 is 2.72 bits per heavy atom. The highest BCUT2D eigenvalue weighted by Crippen LogP contribution is 2.33. The summed E-state index contributed by atoms with van der Waals surface area (Å²) in [5.74, 6) is 1.26. The Balaban J connectivity index is 1.54. The molecule has 2 amide bonds. The fourth-order valence-electron chi connectivity index (χ4n) is 4.12. The summed E-state index contributed by atoms with van der Waals surface area (Å²) in [5, 5.41) is 3.07. The van der Waals surface area contributed by atoms with E-state index in [1.54, 1.807) is 0 Å². The first kappa shape index (κ1) is 18.0. The van der Waals surface area contributed by atoms with E-state index in [9.17, 15) is 9.59 Å². The van der Waals surface area contributed by atoms with Gasteiger partial charge in [0.15, 0.2) is 0 Å². The van der Waals surface area contributed by atoms with Gasteiger partial charge < -0.3 is 10.2 Å². The predicted molar refractivity (Wildman–Crippen MR) is 102 cm³/mol. The lowest BCUT2D eigenvalue weighted by molar-refractivity contribution is -0.121. The Labute approximate surface area is 151 Å². The molecule has 4 heteroatoms. The number of nitrogens with zero attached hydrogens (tertiary/aromatic N) is 1. The zero-order chi connectivity index (χ0) is 17.6. The van der Waals surface area contributed by atoms with Gasteiger partial charge in [0.1, 0.15) is 0 Å². The van der Waals surface area contributed by atoms with Crippen LogP contribution in [0.5, 0.6) is 0 Å². The highest BCUT2D eigenvalue weighted by Gasteiger charge is 2.26. The number of hydrogen-bond donors (Lipinski definition) is 1. The third-order valence-electron chi connectivity index (χ3n) is 5.68. The third-order valence-corrected chi connectivity index (χ3v) is 5.68. The van der Waals surface area contributed by atoms with Gasteiger partial charge in [0.05, 0.1) is 0 Å². The third kappa shape index (κ3) is 4.62. The van der Waals surface area contributed by atoms with Crippen molar-refractivity contribution in [3.05, 3.63) is 24.3 Å². The van der Waals surface area contributed by atoms with Crippen molar-refractivity contribution in [1.29, 1.82) is 0 Å². The van der Waals surface area contributed by atoms with Crippen LogP contribution in [-0.2, 0) is 9.59 Å². The van der Waals surface area contributed by atoms with Crippen LogP contribution in [0.3, 0.4) is 0 Å². The van der Waals surface area contributed by atoms with Gasteiger partial charge in [-0.25, -0.2) is 0 Å². The molecule has 1 heterocycles. The minimum atomic E-state index is 0.134. The minimum Gasteiger partial charge on any atom is -0.326 e. The van der Waals surface area contributed by atoms with Gasteiger partial charge in [-0.1, -0.05) is 32.3 Å². The molecule has 1 aromatic rings. The zero-order valence-corrected chi connectivity index (χ0v) is 15.3. The van der Waals surface area contributed by atoms with Gasteiger partial charge in [0.2, 0.25) is 11.8 Å². The Kier molecular flexibility index (Phi) is 6.11. The van der Waals surface area contributed by atoms with Crippen molar-refractivity contribution in [3.8, 4) is 0 Å². The summed E-state index contributed by atoms with van der Waals surface area (Å²) >= 11 is 0. The number of rotatable bonds is 6. The maximum Gasteiger partial charge on any atom is 0.227 e. The molecule has 2 fully saturated rings. The summed E-state index contributed by atoms with van der Waals surface area (Å²) < 4.78 is 0. The largest absolute Gasteiger partial charge is 0.326 e. The van der Waals surface area contributed by atoms with Crippen molar-refractivity contribution in [1.82, 2.24) is 0 Å². The van der Waals surface area contributed by atoms with Gasteiger partial charge >= 0.3 is 0 Å². The number of unbranched alkanes of at least 4 members (excludes halogenated alkanes) is 1. The van der Waals surface area contributed by atoms with Crippen LogP contribution in [-0.4, -0.2) is 18.4 Å². The van der Waals surface area contributed by atoms with Gasteiger partial charge in [-0.15, -0.1) is 0 Å². The first-order valence-electron chi connectivity index (χ1n) is 9.88. The maximum absolute atomic E-state index is 12.6. The molecule has 0 bridgehead atoms. The van der Waals surface area contributed by atoms with Crippen molar-refractivity contribution in [2.24, 2.45) is 11.8 Å². The van der Waals surface area contributed by atoms with E-state index >= 15 is 0 Å². The molecule has 1 aromatic carbocycles. The minimum absolute atomic E-state index is 0.134. The fraction of sp³-hybridized carbons (Fsp3) is 0.619. The quantitative estimate of drug-likeness (QED) is 0.811. The average molecular weight is 342 g/mol. The van der Waals surface area contributed by atoms with E-state index in [1.807, 2.05) is 29.2 Å². The standard InChI is InChI=1S/C21H30N2O2/c1-2-3-6-16-10-12-17(13-11-16)21(25)22-18-7-4-8-19(15-18)23-14-5-9-20(23)24/h4,7-8,15-17H,2-3,5-6,9-14H2,1H3,(H,22,25). The van der Waals surface area contributed by atoms with Crippen LogP contribution in [0.1, 0.15) is 64.7 Å². The SMILES string of the molecule is CCCCC1CCC(C(=O)Nc2cccc(N3CCCC3=O)c2)CC1. The Bertz CT molecular complexity index is 606. The molecule has 1 saturated heterocycles. The number of benzene rings is 1. The molecular weight excluding hydrogens is 312 g/mol. The molecule has 3 rings (SSSR count). The van der Waals surface area contributed by atoms with Gasteiger partial charge in [-0.05, 0) is 56.2 Å². The van der Waals surface area contributed by atoms with Crippen LogP contribution in [0.4, 0.5) is 11.4 Å². The van der Waals surface area contributed by atoms with Crippen molar-refractivity contribution in [2.45, 2.75) is 64.7 Å². The molecule has 0 unspecified atom stereocenters. The van der Waals surface area contributed by atoms with E-state index in [4.69, 9.17) is 0 Å². The molecule has 0 radical (unpaired) electrons. The van der Waals surface area contributed by atoms with Crippen LogP contribution < -0.4 is 10.2 Å². The van der Waals surface area contributed by atoms with Crippen molar-refractivity contribution in [2.75, 3.05) is 16.8 Å². The molecule has 0 aromatic heterocycles. The highest BCUT2D eigenvalue weighted by molar-refractivity contribution is 5.97. The molecule has 2 aliphatic rings. The molecule has 1 aliphatic heterocycles. The van der Waals surface area contributed by atoms with Crippen LogP contribution >= 0.6 is 0 Å². The molecule has 0 spiro atoms. The predicted octanol–water partition coefficient (Wildman–Crippen LogP) is 4.75. The topological polar surface area (TPSA) is 49.4 Å². The molecule has 4 nitrogen and oxygen atoms in total. The van der Waals surface area contributed by atoms with E-state index in [0.29, 0.717) is 6.42 Å². The number of nitrogens with one attached hydrogen (secondary N) is 1. The summed E-state index contributed by atoms with van der Waals surface area (Å²) in [6.07, 6.45) is 9.79. The van der Waals surface area contributed by atoms with Gasteiger partial charge in [0.25, 0.3) is 0 Å². The number of anilines is 2. The van der Waals surface area contributed by atoms with Crippen molar-refractivity contribution >= 4 is 23.2 Å². The highest BCUT2D eigenvalue weighted by atomic mass is 16.2. The van der Waals surface area contributed by atoms with E-state index in [2.05, 4.69) is 12.2 Å². The lowest BCUT2D eigenvalue weighted by Gasteiger charge is -2.27. The first-order chi connectivity index (χ1) is 12.2. The summed E-state index contributed by atoms with van der Waals surface area (Å²) in [4.78, 5) is 26.3. The normalized spacial score (nSPS) is 23.7. The fourth-order valence-corrected chi connectivity index (χ4v) is 4.12. The number of carbonyl (C=O) groups excluding carboxylic acids is 2. The number of carbonyl (C=O) groups is 2. The second-order valence-electron chi connectivity index (χ2n) is 7.55. The summed E-state index contributed by atoms with van der Waals surface area (Å²) in [6.45, 7) is 3.01. The smallest absolute Gasteiger partial charge is 0.227 e. The molecular formula is C21H30N2O2. The Hall–Kier alpha value is -1.84. The summed E-state index contributed by atoms with van der Waals surface area (Å²) in [5.41, 5.74) is 1.69. The average Bonchev–Trinajstić information content (AvgIpc) is 3.06.